The third-order valence-electron chi connectivity index (χ3n) is 3.90. The topological polar surface area (TPSA) is 42.4 Å². The molecule has 1 saturated carbocycles. The molecule has 1 aliphatic rings. The van der Waals surface area contributed by atoms with E-state index in [4.69, 9.17) is 4.74 Å². The maximum absolute atomic E-state index is 12.5. The fourth-order valence-corrected chi connectivity index (χ4v) is 3.41. The molecule has 1 fully saturated rings. The minimum absolute atomic E-state index is 0.0490. The van der Waals surface area contributed by atoms with Crippen LogP contribution in [0.3, 0.4) is 0 Å². The number of halogens is 2. The summed E-state index contributed by atoms with van der Waals surface area (Å²) in [6.45, 7) is -0.724. The van der Waals surface area contributed by atoms with Crippen molar-refractivity contribution in [2.24, 2.45) is 0 Å². The molecule has 0 bridgehead atoms. The van der Waals surface area contributed by atoms with Crippen molar-refractivity contribution in [1.29, 1.82) is 0 Å². The number of amides is 1. The van der Waals surface area contributed by atoms with E-state index in [1.807, 2.05) is 11.8 Å². The highest BCUT2D eigenvalue weighted by atomic mass is 32.2. The zero-order valence-corrected chi connectivity index (χ0v) is 13.5. The van der Waals surface area contributed by atoms with Crippen molar-refractivity contribution in [3.63, 3.8) is 0 Å². The normalized spacial score (nSPS) is 21.1. The van der Waals surface area contributed by atoms with E-state index in [0.717, 1.165) is 19.3 Å². The van der Waals surface area contributed by atoms with E-state index in [-0.39, 0.29) is 17.8 Å². The minimum atomic E-state index is -2.56. The van der Waals surface area contributed by atoms with Crippen molar-refractivity contribution in [3.05, 3.63) is 23.9 Å². The maximum atomic E-state index is 12.5. The Bertz CT molecular complexity index is 516. The molecule has 0 spiro atoms. The molecule has 22 heavy (non-hydrogen) atoms. The van der Waals surface area contributed by atoms with Crippen LogP contribution in [-0.2, 0) is 0 Å². The Kier molecular flexibility index (Phi) is 5.99. The number of aromatic nitrogens is 1. The number of pyridine rings is 1. The Morgan fingerprint density at radius 1 is 1.55 bits per heavy atom. The first-order valence-electron chi connectivity index (χ1n) is 7.18. The Morgan fingerprint density at radius 3 is 2.95 bits per heavy atom. The summed E-state index contributed by atoms with van der Waals surface area (Å²) >= 11 is 1.83. The van der Waals surface area contributed by atoms with E-state index in [0.29, 0.717) is 10.8 Å². The van der Waals surface area contributed by atoms with Gasteiger partial charge in [0.1, 0.15) is 0 Å². The lowest BCUT2D eigenvalue weighted by atomic mass is 10.1. The molecule has 1 aromatic rings. The van der Waals surface area contributed by atoms with Crippen LogP contribution in [0.1, 0.15) is 29.6 Å². The highest BCUT2D eigenvalue weighted by Crippen LogP contribution is 2.31. The molecule has 2 rings (SSSR count). The van der Waals surface area contributed by atoms with Gasteiger partial charge in [-0.15, -0.1) is 0 Å². The van der Waals surface area contributed by atoms with Crippen molar-refractivity contribution >= 4 is 17.7 Å². The summed E-state index contributed by atoms with van der Waals surface area (Å²) in [6.07, 6.45) is 4.02. The van der Waals surface area contributed by atoms with Gasteiger partial charge in [-0.25, -0.2) is 13.8 Å². The number of hydrogen-bond acceptors (Lipinski definition) is 4. The molecule has 0 N–H and O–H groups in total. The van der Waals surface area contributed by atoms with Gasteiger partial charge in [0.15, 0.2) is 6.61 Å². The Morgan fingerprint density at radius 2 is 2.32 bits per heavy atom. The second-order valence-corrected chi connectivity index (χ2v) is 6.46. The smallest absolute Gasteiger partial charge is 0.272 e. The molecule has 4 nitrogen and oxygen atoms in total. The number of rotatable bonds is 6. The van der Waals surface area contributed by atoms with Crippen LogP contribution in [0.25, 0.3) is 0 Å². The van der Waals surface area contributed by atoms with Crippen LogP contribution in [0.4, 0.5) is 8.78 Å². The van der Waals surface area contributed by atoms with Crippen LogP contribution in [0.15, 0.2) is 18.3 Å². The fourth-order valence-electron chi connectivity index (χ4n) is 2.62. The van der Waals surface area contributed by atoms with Crippen molar-refractivity contribution in [3.8, 4) is 5.88 Å². The van der Waals surface area contributed by atoms with E-state index in [1.165, 1.54) is 12.3 Å². The maximum Gasteiger partial charge on any atom is 0.272 e. The molecular formula is C15H20F2N2O2S. The van der Waals surface area contributed by atoms with Gasteiger partial charge in [0.2, 0.25) is 5.88 Å². The lowest BCUT2D eigenvalue weighted by Gasteiger charge is -2.24. The van der Waals surface area contributed by atoms with Crippen molar-refractivity contribution < 1.29 is 18.3 Å². The monoisotopic (exact) mass is 330 g/mol. The van der Waals surface area contributed by atoms with Crippen LogP contribution in [0, 0.1) is 0 Å². The van der Waals surface area contributed by atoms with E-state index >= 15 is 0 Å². The molecule has 7 heteroatoms. The summed E-state index contributed by atoms with van der Waals surface area (Å²) in [6, 6.07) is 3.22. The lowest BCUT2D eigenvalue weighted by molar-refractivity contribution is 0.0731. The van der Waals surface area contributed by atoms with Gasteiger partial charge < -0.3 is 9.64 Å². The zero-order valence-electron chi connectivity index (χ0n) is 12.7. The van der Waals surface area contributed by atoms with Gasteiger partial charge >= 0.3 is 0 Å². The summed E-state index contributed by atoms with van der Waals surface area (Å²) in [7, 11) is 1.79. The molecular weight excluding hydrogens is 310 g/mol. The fraction of sp³-hybridized carbons (Fsp3) is 0.600. The first kappa shape index (κ1) is 17.0. The molecule has 0 radical (unpaired) electrons. The number of carbonyl (C=O) groups excluding carboxylic acids is 1. The minimum Gasteiger partial charge on any atom is -0.472 e. The van der Waals surface area contributed by atoms with Gasteiger partial charge in [-0.3, -0.25) is 4.79 Å². The summed E-state index contributed by atoms with van der Waals surface area (Å²) in [5, 5.41) is 0.600. The van der Waals surface area contributed by atoms with Crippen LogP contribution < -0.4 is 4.74 Å². The number of nitrogens with zero attached hydrogens (tertiary/aromatic N) is 2. The second kappa shape index (κ2) is 7.76. The molecule has 1 aromatic heterocycles. The summed E-state index contributed by atoms with van der Waals surface area (Å²) in [4.78, 5) is 18.1. The predicted molar refractivity (Wildman–Crippen MR) is 82.8 cm³/mol. The molecule has 1 aliphatic carbocycles. The van der Waals surface area contributed by atoms with Gasteiger partial charge in [-0.1, -0.05) is 0 Å². The molecule has 0 aromatic carbocycles. The summed E-state index contributed by atoms with van der Waals surface area (Å²) < 4.78 is 29.2. The molecule has 2 atom stereocenters. The second-order valence-electron chi connectivity index (χ2n) is 5.33. The largest absolute Gasteiger partial charge is 0.472 e. The van der Waals surface area contributed by atoms with Gasteiger partial charge in [0, 0.05) is 36.2 Å². The molecule has 1 heterocycles. The predicted octanol–water partition coefficient (Wildman–Crippen LogP) is 3.08. The number of ether oxygens (including phenoxy) is 1. The average molecular weight is 330 g/mol. The van der Waals surface area contributed by atoms with Gasteiger partial charge in [0.05, 0.1) is 0 Å². The van der Waals surface area contributed by atoms with E-state index in [9.17, 15) is 13.6 Å². The first-order valence-corrected chi connectivity index (χ1v) is 8.47. The van der Waals surface area contributed by atoms with Crippen molar-refractivity contribution in [2.45, 2.75) is 37.0 Å². The number of thioether (sulfide) groups is 1. The number of carbonyl (C=O) groups is 1. The Balaban J connectivity index is 2.01. The highest BCUT2D eigenvalue weighted by molar-refractivity contribution is 7.99. The molecule has 0 unspecified atom stereocenters. The van der Waals surface area contributed by atoms with Gasteiger partial charge in [-0.05, 0) is 31.6 Å². The van der Waals surface area contributed by atoms with Gasteiger partial charge in [-0.2, -0.15) is 11.8 Å². The summed E-state index contributed by atoms with van der Waals surface area (Å²) in [5.41, 5.74) is 0.411. The van der Waals surface area contributed by atoms with Crippen LogP contribution in [-0.4, -0.2) is 53.4 Å². The third kappa shape index (κ3) is 4.32. The molecule has 0 aliphatic heterocycles. The molecule has 0 saturated heterocycles. The van der Waals surface area contributed by atoms with E-state index < -0.39 is 13.0 Å². The van der Waals surface area contributed by atoms with Crippen molar-refractivity contribution in [2.75, 3.05) is 19.9 Å². The average Bonchev–Trinajstić information content (AvgIpc) is 3.00. The number of hydrogen-bond donors (Lipinski definition) is 0. The molecule has 122 valence electrons. The standard InChI is InChI=1S/C15H20F2N2O2S/c1-19(11-3-4-12(8-11)22-2)15(20)10-5-6-18-14(7-10)21-9-13(16)17/h5-7,11-13H,3-4,8-9H2,1-2H3/t11-,12-/m1/s1. The number of alkyl halides is 2. The highest BCUT2D eigenvalue weighted by Gasteiger charge is 2.29. The van der Waals surface area contributed by atoms with Crippen LogP contribution in [0.5, 0.6) is 5.88 Å². The third-order valence-corrected chi connectivity index (χ3v) is 4.99. The zero-order chi connectivity index (χ0) is 16.1. The summed E-state index contributed by atoms with van der Waals surface area (Å²) in [5.74, 6) is -0.0796. The first-order chi connectivity index (χ1) is 10.5. The molecule has 1 amide bonds. The van der Waals surface area contributed by atoms with Crippen molar-refractivity contribution in [1.82, 2.24) is 9.88 Å². The van der Waals surface area contributed by atoms with Crippen LogP contribution in [0.2, 0.25) is 0 Å². The van der Waals surface area contributed by atoms with E-state index in [2.05, 4.69) is 11.2 Å². The Hall–Kier alpha value is -1.37. The van der Waals surface area contributed by atoms with E-state index in [1.54, 1.807) is 18.0 Å². The quantitative estimate of drug-likeness (QED) is 0.804. The SMILES string of the molecule is CS[C@@H]1CC[C@@H](N(C)C(=O)c2ccnc(OCC(F)F)c2)C1. The lowest BCUT2D eigenvalue weighted by Crippen LogP contribution is -2.35. The Labute approximate surface area is 133 Å². The van der Waals surface area contributed by atoms with Gasteiger partial charge in [0.25, 0.3) is 12.3 Å². The van der Waals surface area contributed by atoms with Crippen LogP contribution >= 0.6 is 11.8 Å².